The molecule has 3 aromatic carbocycles. The normalized spacial score (nSPS) is 10.7. The van der Waals surface area contributed by atoms with Crippen molar-refractivity contribution in [2.45, 2.75) is 20.0 Å². The van der Waals surface area contributed by atoms with E-state index in [1.165, 1.54) is 18.2 Å². The van der Waals surface area contributed by atoms with Crippen molar-refractivity contribution in [3.63, 3.8) is 0 Å². The van der Waals surface area contributed by atoms with Gasteiger partial charge in [0.05, 0.1) is 12.2 Å². The molecule has 0 atom stereocenters. The molecule has 0 fully saturated rings. The van der Waals surface area contributed by atoms with Gasteiger partial charge in [-0.3, -0.25) is 14.2 Å². The third kappa shape index (κ3) is 4.79. The highest BCUT2D eigenvalue weighted by molar-refractivity contribution is 5.91. The van der Waals surface area contributed by atoms with Crippen LogP contribution in [0.2, 0.25) is 0 Å². The minimum atomic E-state index is -0.818. The zero-order chi connectivity index (χ0) is 23.4. The van der Waals surface area contributed by atoms with Crippen molar-refractivity contribution in [3.05, 3.63) is 128 Å². The fraction of sp³-hybridized carbons (Fsp3) is 0.120. The minimum absolute atomic E-state index is 0.0544. The highest BCUT2D eigenvalue weighted by atomic mass is 19.1. The highest BCUT2D eigenvalue weighted by Gasteiger charge is 2.21. The van der Waals surface area contributed by atoms with Gasteiger partial charge in [-0.15, -0.1) is 0 Å². The number of nitrogens with one attached hydrogen (secondary N) is 1. The van der Waals surface area contributed by atoms with Crippen LogP contribution in [0.3, 0.4) is 0 Å². The van der Waals surface area contributed by atoms with Crippen LogP contribution in [0.25, 0.3) is 5.69 Å². The second-order valence-electron chi connectivity index (χ2n) is 7.51. The van der Waals surface area contributed by atoms with Gasteiger partial charge < -0.3 is 5.32 Å². The van der Waals surface area contributed by atoms with Gasteiger partial charge in [0, 0.05) is 6.54 Å². The SMILES string of the molecule is Cc1ccccc1Cn1c(=O)c(C(=O)NCc2ccccc2)nn(-c2cccc(F)c2)c1=O. The van der Waals surface area contributed by atoms with E-state index in [0.717, 1.165) is 32.0 Å². The summed E-state index contributed by atoms with van der Waals surface area (Å²) >= 11 is 0. The number of halogens is 1. The quantitative estimate of drug-likeness (QED) is 0.496. The first-order valence-corrected chi connectivity index (χ1v) is 10.3. The van der Waals surface area contributed by atoms with Gasteiger partial charge in [-0.05, 0) is 41.8 Å². The van der Waals surface area contributed by atoms with Crippen LogP contribution in [0.4, 0.5) is 4.39 Å². The second-order valence-corrected chi connectivity index (χ2v) is 7.51. The molecule has 1 aromatic heterocycles. The van der Waals surface area contributed by atoms with Crippen LogP contribution in [0, 0.1) is 12.7 Å². The summed E-state index contributed by atoms with van der Waals surface area (Å²) in [6, 6.07) is 21.7. The number of hydrogen-bond donors (Lipinski definition) is 1. The molecule has 4 aromatic rings. The lowest BCUT2D eigenvalue weighted by molar-refractivity contribution is 0.0941. The van der Waals surface area contributed by atoms with Gasteiger partial charge in [0.2, 0.25) is 5.69 Å². The van der Waals surface area contributed by atoms with E-state index in [1.54, 1.807) is 12.1 Å². The molecule has 33 heavy (non-hydrogen) atoms. The van der Waals surface area contributed by atoms with Gasteiger partial charge in [-0.1, -0.05) is 60.7 Å². The molecular weight excluding hydrogens is 423 g/mol. The van der Waals surface area contributed by atoms with Crippen LogP contribution in [0.15, 0.2) is 88.5 Å². The maximum Gasteiger partial charge on any atom is 0.352 e. The summed E-state index contributed by atoms with van der Waals surface area (Å²) in [5.74, 6) is -1.31. The molecule has 1 amide bonds. The first-order chi connectivity index (χ1) is 15.9. The first kappa shape index (κ1) is 21.9. The smallest absolute Gasteiger partial charge is 0.346 e. The van der Waals surface area contributed by atoms with Crippen molar-refractivity contribution in [2.75, 3.05) is 0 Å². The Morgan fingerprint density at radius 3 is 2.42 bits per heavy atom. The largest absolute Gasteiger partial charge is 0.352 e. The average Bonchev–Trinajstić information content (AvgIpc) is 2.82. The molecule has 0 spiro atoms. The fourth-order valence-corrected chi connectivity index (χ4v) is 3.39. The Labute approximate surface area is 188 Å². The topological polar surface area (TPSA) is 86.0 Å². The molecule has 4 rings (SSSR count). The number of aromatic nitrogens is 3. The van der Waals surface area contributed by atoms with Gasteiger partial charge >= 0.3 is 5.69 Å². The maximum absolute atomic E-state index is 13.8. The Morgan fingerprint density at radius 2 is 1.70 bits per heavy atom. The van der Waals surface area contributed by atoms with Crippen LogP contribution < -0.4 is 16.6 Å². The van der Waals surface area contributed by atoms with Crippen molar-refractivity contribution in [1.82, 2.24) is 19.7 Å². The van der Waals surface area contributed by atoms with Gasteiger partial charge in [0.15, 0.2) is 0 Å². The third-order valence-electron chi connectivity index (χ3n) is 5.21. The predicted molar refractivity (Wildman–Crippen MR) is 122 cm³/mol. The number of hydrogen-bond acceptors (Lipinski definition) is 4. The van der Waals surface area contributed by atoms with Crippen molar-refractivity contribution in [3.8, 4) is 5.69 Å². The van der Waals surface area contributed by atoms with Crippen LogP contribution >= 0.6 is 0 Å². The van der Waals surface area contributed by atoms with E-state index in [-0.39, 0.29) is 18.8 Å². The summed E-state index contributed by atoms with van der Waals surface area (Å²) in [6.45, 7) is 1.99. The number of benzene rings is 3. The summed E-state index contributed by atoms with van der Waals surface area (Å²) in [6.07, 6.45) is 0. The molecule has 0 saturated heterocycles. The second kappa shape index (κ2) is 9.44. The van der Waals surface area contributed by atoms with Crippen molar-refractivity contribution in [2.24, 2.45) is 0 Å². The van der Waals surface area contributed by atoms with Gasteiger partial charge in [-0.25, -0.2) is 9.18 Å². The molecule has 0 bridgehead atoms. The molecule has 0 radical (unpaired) electrons. The molecule has 166 valence electrons. The summed E-state index contributed by atoms with van der Waals surface area (Å²) in [4.78, 5) is 39.2. The maximum atomic E-state index is 13.8. The summed E-state index contributed by atoms with van der Waals surface area (Å²) in [5, 5.41) is 6.68. The van der Waals surface area contributed by atoms with Crippen molar-refractivity contribution in [1.29, 1.82) is 0 Å². The molecule has 8 heteroatoms. The molecule has 1 heterocycles. The third-order valence-corrected chi connectivity index (χ3v) is 5.21. The summed E-state index contributed by atoms with van der Waals surface area (Å²) in [5.41, 5.74) is 0.524. The monoisotopic (exact) mass is 444 g/mol. The van der Waals surface area contributed by atoms with Crippen LogP contribution in [-0.2, 0) is 13.1 Å². The van der Waals surface area contributed by atoms with E-state index in [9.17, 15) is 18.8 Å². The molecule has 7 nitrogen and oxygen atoms in total. The first-order valence-electron chi connectivity index (χ1n) is 10.3. The lowest BCUT2D eigenvalue weighted by Crippen LogP contribution is -2.46. The average molecular weight is 444 g/mol. The molecule has 0 aliphatic heterocycles. The zero-order valence-corrected chi connectivity index (χ0v) is 17.9. The Bertz CT molecular complexity index is 1430. The Balaban J connectivity index is 1.80. The van der Waals surface area contributed by atoms with Gasteiger partial charge in [0.1, 0.15) is 5.82 Å². The van der Waals surface area contributed by atoms with Crippen LogP contribution in [-0.4, -0.2) is 20.3 Å². The van der Waals surface area contributed by atoms with Crippen molar-refractivity contribution >= 4 is 5.91 Å². The number of rotatable bonds is 6. The number of carbonyl (C=O) groups excluding carboxylic acids is 1. The Morgan fingerprint density at radius 1 is 0.970 bits per heavy atom. The van der Waals surface area contributed by atoms with E-state index < -0.39 is 28.7 Å². The van der Waals surface area contributed by atoms with E-state index >= 15 is 0 Å². The Hall–Kier alpha value is -4.33. The lowest BCUT2D eigenvalue weighted by Gasteiger charge is -2.13. The van der Waals surface area contributed by atoms with Gasteiger partial charge in [-0.2, -0.15) is 9.78 Å². The molecule has 0 aliphatic carbocycles. The van der Waals surface area contributed by atoms with E-state index in [4.69, 9.17) is 0 Å². The number of aryl methyl sites for hydroxylation is 1. The predicted octanol–water partition coefficient (Wildman–Crippen LogP) is 2.82. The fourth-order valence-electron chi connectivity index (χ4n) is 3.39. The molecule has 0 aliphatic rings. The zero-order valence-electron chi connectivity index (χ0n) is 17.9. The van der Waals surface area contributed by atoms with E-state index in [0.29, 0.717) is 0 Å². The minimum Gasteiger partial charge on any atom is -0.346 e. The standard InChI is InChI=1S/C25H21FN4O3/c1-17-8-5-6-11-19(17)16-29-24(32)22(23(31)27-15-18-9-3-2-4-10-18)28-30(25(29)33)21-13-7-12-20(26)14-21/h2-14H,15-16H2,1H3,(H,27,31). The van der Waals surface area contributed by atoms with Gasteiger partial charge in [0.25, 0.3) is 11.5 Å². The number of amides is 1. The number of carbonyl (C=O) groups is 1. The summed E-state index contributed by atoms with van der Waals surface area (Å²) < 4.78 is 15.7. The van der Waals surface area contributed by atoms with E-state index in [1.807, 2.05) is 49.4 Å². The highest BCUT2D eigenvalue weighted by Crippen LogP contribution is 2.09. The Kier molecular flexibility index (Phi) is 6.26. The van der Waals surface area contributed by atoms with Crippen LogP contribution in [0.5, 0.6) is 0 Å². The van der Waals surface area contributed by atoms with Crippen LogP contribution in [0.1, 0.15) is 27.2 Å². The van der Waals surface area contributed by atoms with Crippen molar-refractivity contribution < 1.29 is 9.18 Å². The molecule has 0 saturated carbocycles. The van der Waals surface area contributed by atoms with E-state index in [2.05, 4.69) is 10.4 Å². The molecule has 1 N–H and O–H groups in total. The number of nitrogens with zero attached hydrogens (tertiary/aromatic N) is 3. The molecular formula is C25H21FN4O3. The summed E-state index contributed by atoms with van der Waals surface area (Å²) in [7, 11) is 0. The molecule has 0 unspecified atom stereocenters. The lowest BCUT2D eigenvalue weighted by atomic mass is 10.1.